The van der Waals surface area contributed by atoms with Crippen LogP contribution in [0.15, 0.2) is 30.3 Å². The maximum absolute atomic E-state index is 11.8. The lowest BCUT2D eigenvalue weighted by atomic mass is 9.86. The lowest BCUT2D eigenvalue weighted by Gasteiger charge is -2.27. The van der Waals surface area contributed by atoms with Crippen molar-refractivity contribution in [1.82, 2.24) is 10.6 Å². The molecule has 1 amide bonds. The third-order valence-corrected chi connectivity index (χ3v) is 3.91. The molecule has 0 bridgehead atoms. The van der Waals surface area contributed by atoms with Gasteiger partial charge in [-0.2, -0.15) is 0 Å². The van der Waals surface area contributed by atoms with Gasteiger partial charge in [0.15, 0.2) is 0 Å². The predicted octanol–water partition coefficient (Wildman–Crippen LogP) is 1.54. The van der Waals surface area contributed by atoms with Crippen molar-refractivity contribution in [2.75, 3.05) is 6.54 Å². The van der Waals surface area contributed by atoms with Crippen LogP contribution in [0.5, 0.6) is 0 Å². The third-order valence-electron chi connectivity index (χ3n) is 3.91. The topological polar surface area (TPSA) is 78.4 Å². The number of aliphatic carboxylic acids is 1. The summed E-state index contributed by atoms with van der Waals surface area (Å²) in [6.07, 6.45) is 3.20. The van der Waals surface area contributed by atoms with E-state index in [1.807, 2.05) is 30.3 Å². The normalized spacial score (nSPS) is 21.7. The third kappa shape index (κ3) is 5.19. The summed E-state index contributed by atoms with van der Waals surface area (Å²) < 4.78 is 0. The van der Waals surface area contributed by atoms with Crippen molar-refractivity contribution in [3.63, 3.8) is 0 Å². The Hall–Kier alpha value is -1.88. The lowest BCUT2D eigenvalue weighted by molar-refractivity contribution is -0.143. The summed E-state index contributed by atoms with van der Waals surface area (Å²) in [7, 11) is 0. The van der Waals surface area contributed by atoms with Gasteiger partial charge in [0.1, 0.15) is 0 Å². The molecule has 1 saturated carbocycles. The van der Waals surface area contributed by atoms with Crippen LogP contribution in [0.3, 0.4) is 0 Å². The Labute approximate surface area is 124 Å². The van der Waals surface area contributed by atoms with Crippen molar-refractivity contribution < 1.29 is 14.7 Å². The first-order valence-electron chi connectivity index (χ1n) is 7.42. The molecule has 1 aromatic rings. The second-order valence-corrected chi connectivity index (χ2v) is 5.54. The van der Waals surface area contributed by atoms with Crippen LogP contribution in [0, 0.1) is 5.92 Å². The first-order valence-corrected chi connectivity index (χ1v) is 7.42. The van der Waals surface area contributed by atoms with Crippen LogP contribution in [0.25, 0.3) is 0 Å². The number of benzene rings is 1. The first-order chi connectivity index (χ1) is 10.1. The van der Waals surface area contributed by atoms with Gasteiger partial charge in [0.2, 0.25) is 5.91 Å². The average molecular weight is 290 g/mol. The molecule has 0 aromatic heterocycles. The predicted molar refractivity (Wildman–Crippen MR) is 79.7 cm³/mol. The lowest BCUT2D eigenvalue weighted by Crippen LogP contribution is -2.42. The molecule has 0 heterocycles. The number of nitrogens with one attached hydrogen (secondary N) is 2. The summed E-state index contributed by atoms with van der Waals surface area (Å²) in [5.41, 5.74) is 1.06. The SMILES string of the molecule is O=C(CNC1CCCC(C(=O)O)C1)NCc1ccccc1. The van der Waals surface area contributed by atoms with Crippen molar-refractivity contribution in [3.05, 3.63) is 35.9 Å². The summed E-state index contributed by atoms with van der Waals surface area (Å²) in [4.78, 5) is 22.8. The van der Waals surface area contributed by atoms with Gasteiger partial charge in [-0.1, -0.05) is 36.8 Å². The minimum atomic E-state index is -0.727. The van der Waals surface area contributed by atoms with Crippen molar-refractivity contribution in [1.29, 1.82) is 0 Å². The van der Waals surface area contributed by atoms with Crippen LogP contribution in [0.2, 0.25) is 0 Å². The summed E-state index contributed by atoms with van der Waals surface area (Å²) in [5, 5.41) is 15.1. The second-order valence-electron chi connectivity index (χ2n) is 5.54. The molecule has 21 heavy (non-hydrogen) atoms. The molecule has 1 aliphatic carbocycles. The maximum Gasteiger partial charge on any atom is 0.306 e. The number of carboxylic acids is 1. The largest absolute Gasteiger partial charge is 0.481 e. The van der Waals surface area contributed by atoms with E-state index in [0.717, 1.165) is 24.8 Å². The van der Waals surface area contributed by atoms with Crippen LogP contribution in [-0.2, 0) is 16.1 Å². The first kappa shape index (κ1) is 15.5. The quantitative estimate of drug-likeness (QED) is 0.742. The van der Waals surface area contributed by atoms with Crippen molar-refractivity contribution in [3.8, 4) is 0 Å². The molecular formula is C16H22N2O3. The van der Waals surface area contributed by atoms with Crippen LogP contribution < -0.4 is 10.6 Å². The van der Waals surface area contributed by atoms with E-state index in [1.54, 1.807) is 0 Å². The molecule has 2 unspecified atom stereocenters. The Morgan fingerprint density at radius 1 is 1.19 bits per heavy atom. The van der Waals surface area contributed by atoms with Gasteiger partial charge in [0.05, 0.1) is 12.5 Å². The molecule has 2 atom stereocenters. The highest BCUT2D eigenvalue weighted by molar-refractivity contribution is 5.78. The standard InChI is InChI=1S/C16H22N2O3/c19-15(18-10-12-5-2-1-3-6-12)11-17-14-8-4-7-13(9-14)16(20)21/h1-3,5-6,13-14,17H,4,7-11H2,(H,18,19)(H,20,21). The number of rotatable bonds is 6. The molecule has 5 heteroatoms. The van der Waals surface area contributed by atoms with Gasteiger partial charge in [-0.05, 0) is 24.8 Å². The van der Waals surface area contributed by atoms with Gasteiger partial charge in [-0.25, -0.2) is 0 Å². The Morgan fingerprint density at radius 2 is 1.95 bits per heavy atom. The fourth-order valence-corrected chi connectivity index (χ4v) is 2.70. The van der Waals surface area contributed by atoms with E-state index < -0.39 is 5.97 Å². The number of hydrogen-bond donors (Lipinski definition) is 3. The molecule has 0 saturated heterocycles. The Balaban J connectivity index is 1.68. The second kappa shape index (κ2) is 7.78. The number of carboxylic acid groups (broad SMARTS) is 1. The highest BCUT2D eigenvalue weighted by atomic mass is 16.4. The molecule has 1 aromatic carbocycles. The highest BCUT2D eigenvalue weighted by Gasteiger charge is 2.26. The molecule has 1 fully saturated rings. The van der Waals surface area contributed by atoms with E-state index in [0.29, 0.717) is 13.0 Å². The number of hydrogen-bond acceptors (Lipinski definition) is 3. The minimum Gasteiger partial charge on any atom is -0.481 e. The molecule has 0 aliphatic heterocycles. The smallest absolute Gasteiger partial charge is 0.306 e. The summed E-state index contributed by atoms with van der Waals surface area (Å²) in [6, 6.07) is 9.87. The van der Waals surface area contributed by atoms with Crippen LogP contribution in [-0.4, -0.2) is 29.6 Å². The van der Waals surface area contributed by atoms with E-state index in [1.165, 1.54) is 0 Å². The summed E-state index contributed by atoms with van der Waals surface area (Å²) in [5.74, 6) is -1.06. The average Bonchev–Trinajstić information content (AvgIpc) is 2.52. The Morgan fingerprint density at radius 3 is 2.67 bits per heavy atom. The van der Waals surface area contributed by atoms with Crippen LogP contribution >= 0.6 is 0 Å². The van der Waals surface area contributed by atoms with Crippen molar-refractivity contribution in [2.45, 2.75) is 38.3 Å². The fourth-order valence-electron chi connectivity index (χ4n) is 2.70. The molecular weight excluding hydrogens is 268 g/mol. The molecule has 0 radical (unpaired) electrons. The zero-order chi connectivity index (χ0) is 15.1. The van der Waals surface area contributed by atoms with E-state index in [2.05, 4.69) is 10.6 Å². The maximum atomic E-state index is 11.8. The number of amides is 1. The molecule has 0 spiro atoms. The molecule has 114 valence electrons. The Bertz CT molecular complexity index is 476. The Kier molecular flexibility index (Phi) is 5.75. The molecule has 2 rings (SSSR count). The molecule has 1 aliphatic rings. The number of carbonyl (C=O) groups excluding carboxylic acids is 1. The van der Waals surface area contributed by atoms with Gasteiger partial charge in [0, 0.05) is 12.6 Å². The molecule has 3 N–H and O–H groups in total. The van der Waals surface area contributed by atoms with Crippen molar-refractivity contribution in [2.24, 2.45) is 5.92 Å². The van der Waals surface area contributed by atoms with Gasteiger partial charge in [-0.15, -0.1) is 0 Å². The fraction of sp³-hybridized carbons (Fsp3) is 0.500. The zero-order valence-corrected chi connectivity index (χ0v) is 12.0. The van der Waals surface area contributed by atoms with Crippen molar-refractivity contribution >= 4 is 11.9 Å². The van der Waals surface area contributed by atoms with Crippen LogP contribution in [0.4, 0.5) is 0 Å². The van der Waals surface area contributed by atoms with E-state index in [4.69, 9.17) is 5.11 Å². The van der Waals surface area contributed by atoms with Gasteiger partial charge in [0.25, 0.3) is 0 Å². The zero-order valence-electron chi connectivity index (χ0n) is 12.0. The number of carbonyl (C=O) groups is 2. The summed E-state index contributed by atoms with van der Waals surface area (Å²) in [6.45, 7) is 0.758. The van der Waals surface area contributed by atoms with E-state index in [9.17, 15) is 9.59 Å². The van der Waals surface area contributed by atoms with Gasteiger partial charge < -0.3 is 15.7 Å². The monoisotopic (exact) mass is 290 g/mol. The summed E-state index contributed by atoms with van der Waals surface area (Å²) >= 11 is 0. The highest BCUT2D eigenvalue weighted by Crippen LogP contribution is 2.24. The van der Waals surface area contributed by atoms with Crippen LogP contribution in [0.1, 0.15) is 31.2 Å². The van der Waals surface area contributed by atoms with Gasteiger partial charge >= 0.3 is 5.97 Å². The van der Waals surface area contributed by atoms with E-state index in [-0.39, 0.29) is 24.4 Å². The van der Waals surface area contributed by atoms with Gasteiger partial charge in [-0.3, -0.25) is 9.59 Å². The minimum absolute atomic E-state index is 0.0590. The molecule has 5 nitrogen and oxygen atoms in total. The van der Waals surface area contributed by atoms with E-state index >= 15 is 0 Å².